The van der Waals surface area contributed by atoms with Crippen molar-refractivity contribution in [1.82, 2.24) is 4.90 Å². The second-order valence-corrected chi connectivity index (χ2v) is 4.40. The van der Waals surface area contributed by atoms with Crippen LogP contribution < -0.4 is 0 Å². The lowest BCUT2D eigenvalue weighted by Crippen LogP contribution is -2.55. The fourth-order valence-electron chi connectivity index (χ4n) is 2.36. The van der Waals surface area contributed by atoms with Crippen molar-refractivity contribution in [2.75, 3.05) is 26.3 Å². The Bertz CT molecular complexity index is 252. The van der Waals surface area contributed by atoms with Crippen molar-refractivity contribution in [2.24, 2.45) is 0 Å². The summed E-state index contributed by atoms with van der Waals surface area (Å²) in [6.45, 7) is 4.64. The molecule has 92 valence electrons. The van der Waals surface area contributed by atoms with Crippen LogP contribution in [0.3, 0.4) is 0 Å². The molecule has 0 aromatic heterocycles. The molecule has 1 unspecified atom stereocenters. The molecule has 1 heterocycles. The van der Waals surface area contributed by atoms with Gasteiger partial charge in [0.05, 0.1) is 12.7 Å². The lowest BCUT2D eigenvalue weighted by atomic mass is 9.87. The van der Waals surface area contributed by atoms with Crippen LogP contribution in [0.4, 0.5) is 0 Å². The lowest BCUT2D eigenvalue weighted by molar-refractivity contribution is -0.160. The van der Waals surface area contributed by atoms with Crippen molar-refractivity contribution in [1.29, 1.82) is 0 Å². The number of nitrogens with zero attached hydrogens (tertiary/aromatic N) is 1. The van der Waals surface area contributed by atoms with Gasteiger partial charge in [-0.3, -0.25) is 4.90 Å². The summed E-state index contributed by atoms with van der Waals surface area (Å²) < 4.78 is 10.7. The summed E-state index contributed by atoms with van der Waals surface area (Å²) in [5.41, 5.74) is 0. The predicted molar refractivity (Wildman–Crippen MR) is 57.4 cm³/mol. The van der Waals surface area contributed by atoms with Crippen LogP contribution in [-0.2, 0) is 14.3 Å². The quantitative estimate of drug-likeness (QED) is 0.753. The van der Waals surface area contributed by atoms with Gasteiger partial charge < -0.3 is 14.6 Å². The van der Waals surface area contributed by atoms with Gasteiger partial charge in [-0.1, -0.05) is 0 Å². The molecular formula is C11H19NO4. The molecule has 1 aliphatic heterocycles. The Balaban J connectivity index is 1.76. The first kappa shape index (κ1) is 11.8. The number of carbonyl (C=O) groups is 1. The Morgan fingerprint density at radius 3 is 2.94 bits per heavy atom. The molecular weight excluding hydrogens is 210 g/mol. The molecule has 1 N–H and O–H groups in total. The van der Waals surface area contributed by atoms with Crippen LogP contribution in [0.15, 0.2) is 0 Å². The van der Waals surface area contributed by atoms with Crippen molar-refractivity contribution in [3.63, 3.8) is 0 Å². The number of morpholine rings is 1. The highest BCUT2D eigenvalue weighted by Crippen LogP contribution is 2.29. The van der Waals surface area contributed by atoms with Crippen molar-refractivity contribution < 1.29 is 19.4 Å². The maximum Gasteiger partial charge on any atom is 0.334 e. The molecule has 0 aromatic carbocycles. The van der Waals surface area contributed by atoms with E-state index in [1.807, 2.05) is 6.92 Å². The third-order valence-corrected chi connectivity index (χ3v) is 3.36. The molecule has 2 aliphatic rings. The zero-order chi connectivity index (χ0) is 11.5. The smallest absolute Gasteiger partial charge is 0.334 e. The van der Waals surface area contributed by atoms with E-state index in [4.69, 9.17) is 14.6 Å². The second-order valence-electron chi connectivity index (χ2n) is 4.40. The van der Waals surface area contributed by atoms with Gasteiger partial charge in [0, 0.05) is 25.7 Å². The van der Waals surface area contributed by atoms with Gasteiger partial charge in [-0.15, -0.1) is 0 Å². The van der Waals surface area contributed by atoms with Crippen molar-refractivity contribution >= 4 is 5.97 Å². The van der Waals surface area contributed by atoms with Crippen LogP contribution >= 0.6 is 0 Å². The van der Waals surface area contributed by atoms with Crippen LogP contribution in [0.2, 0.25) is 0 Å². The topological polar surface area (TPSA) is 59.0 Å². The summed E-state index contributed by atoms with van der Waals surface area (Å²) >= 11 is 0. The Hall–Kier alpha value is -0.650. The van der Waals surface area contributed by atoms with Gasteiger partial charge in [-0.25, -0.2) is 4.79 Å². The third kappa shape index (κ3) is 2.53. The molecule has 5 nitrogen and oxygen atoms in total. The van der Waals surface area contributed by atoms with Crippen LogP contribution in [0, 0.1) is 0 Å². The van der Waals surface area contributed by atoms with E-state index < -0.39 is 12.1 Å². The number of carboxylic acids is 1. The highest BCUT2D eigenvalue weighted by Gasteiger charge is 2.37. The molecule has 0 bridgehead atoms. The van der Waals surface area contributed by atoms with Gasteiger partial charge in [-0.05, 0) is 19.8 Å². The van der Waals surface area contributed by atoms with Crippen molar-refractivity contribution in [3.8, 4) is 0 Å². The van der Waals surface area contributed by atoms with E-state index >= 15 is 0 Å². The van der Waals surface area contributed by atoms with E-state index in [2.05, 4.69) is 4.90 Å². The van der Waals surface area contributed by atoms with Crippen LogP contribution in [0.25, 0.3) is 0 Å². The molecule has 1 saturated carbocycles. The SMILES string of the molecule is CCOC1CC(N2CCOC(C(=O)O)C2)C1. The summed E-state index contributed by atoms with van der Waals surface area (Å²) in [6, 6.07) is 0.488. The lowest BCUT2D eigenvalue weighted by Gasteiger charge is -2.45. The van der Waals surface area contributed by atoms with Crippen molar-refractivity contribution in [3.05, 3.63) is 0 Å². The molecule has 0 aromatic rings. The predicted octanol–water partition coefficient (Wildman–Crippen LogP) is 0.339. The number of carboxylic acid groups (broad SMARTS) is 1. The second kappa shape index (κ2) is 5.12. The Labute approximate surface area is 95.3 Å². The third-order valence-electron chi connectivity index (χ3n) is 3.36. The molecule has 1 saturated heterocycles. The van der Waals surface area contributed by atoms with E-state index in [1.54, 1.807) is 0 Å². The highest BCUT2D eigenvalue weighted by molar-refractivity contribution is 5.72. The maximum absolute atomic E-state index is 10.8. The van der Waals surface area contributed by atoms with Crippen LogP contribution in [0.5, 0.6) is 0 Å². The summed E-state index contributed by atoms with van der Waals surface area (Å²) in [6.07, 6.45) is 1.78. The molecule has 0 spiro atoms. The van der Waals surface area contributed by atoms with Crippen molar-refractivity contribution in [2.45, 2.75) is 38.0 Å². The summed E-state index contributed by atoms with van der Waals surface area (Å²) in [7, 11) is 0. The number of rotatable bonds is 4. The molecule has 0 amide bonds. The zero-order valence-electron chi connectivity index (χ0n) is 9.59. The van der Waals surface area contributed by atoms with Crippen LogP contribution in [-0.4, -0.2) is 60.5 Å². The monoisotopic (exact) mass is 229 g/mol. The fraction of sp³-hybridized carbons (Fsp3) is 0.909. The molecule has 2 fully saturated rings. The first-order valence-electron chi connectivity index (χ1n) is 5.90. The van der Waals surface area contributed by atoms with E-state index in [1.165, 1.54) is 0 Å². The number of aliphatic carboxylic acids is 1. The molecule has 0 radical (unpaired) electrons. The van der Waals surface area contributed by atoms with E-state index in [0.717, 1.165) is 26.0 Å². The van der Waals surface area contributed by atoms with Gasteiger partial charge in [0.25, 0.3) is 0 Å². The van der Waals surface area contributed by atoms with Gasteiger partial charge in [0.2, 0.25) is 0 Å². The van der Waals surface area contributed by atoms with E-state index in [-0.39, 0.29) is 0 Å². The van der Waals surface area contributed by atoms with Gasteiger partial charge in [0.15, 0.2) is 6.10 Å². The number of hydrogen-bond acceptors (Lipinski definition) is 4. The Morgan fingerprint density at radius 1 is 1.56 bits per heavy atom. The maximum atomic E-state index is 10.8. The Morgan fingerprint density at radius 2 is 2.31 bits per heavy atom. The summed E-state index contributed by atoms with van der Waals surface area (Å²) in [5.74, 6) is -0.856. The van der Waals surface area contributed by atoms with E-state index in [0.29, 0.717) is 25.3 Å². The first-order valence-corrected chi connectivity index (χ1v) is 5.90. The zero-order valence-corrected chi connectivity index (χ0v) is 9.59. The standard InChI is InChI=1S/C11H19NO4/c1-2-15-9-5-8(6-9)12-3-4-16-10(7-12)11(13)14/h8-10H,2-7H2,1H3,(H,13,14). The minimum Gasteiger partial charge on any atom is -0.479 e. The minimum absolute atomic E-state index is 0.376. The highest BCUT2D eigenvalue weighted by atomic mass is 16.5. The van der Waals surface area contributed by atoms with E-state index in [9.17, 15) is 4.79 Å². The van der Waals surface area contributed by atoms with Gasteiger partial charge >= 0.3 is 5.97 Å². The summed E-state index contributed by atoms with van der Waals surface area (Å²) in [5, 5.41) is 8.89. The number of ether oxygens (including phenoxy) is 2. The molecule has 5 heteroatoms. The largest absolute Gasteiger partial charge is 0.479 e. The molecule has 16 heavy (non-hydrogen) atoms. The van der Waals surface area contributed by atoms with Gasteiger partial charge in [0.1, 0.15) is 0 Å². The minimum atomic E-state index is -0.856. The van der Waals surface area contributed by atoms with Gasteiger partial charge in [-0.2, -0.15) is 0 Å². The normalized spacial score (nSPS) is 35.7. The fourth-order valence-corrected chi connectivity index (χ4v) is 2.36. The summed E-state index contributed by atoms with van der Waals surface area (Å²) in [4.78, 5) is 13.0. The average Bonchev–Trinajstić information content (AvgIpc) is 2.23. The van der Waals surface area contributed by atoms with Crippen LogP contribution in [0.1, 0.15) is 19.8 Å². The number of hydrogen-bond donors (Lipinski definition) is 1. The average molecular weight is 229 g/mol. The first-order chi connectivity index (χ1) is 7.70. The Kier molecular flexibility index (Phi) is 3.78. The molecule has 1 aliphatic carbocycles. The molecule has 2 rings (SSSR count). The molecule has 1 atom stereocenters.